The third-order valence-corrected chi connectivity index (χ3v) is 4.23. The molecule has 0 bridgehead atoms. The van der Waals surface area contributed by atoms with Crippen molar-refractivity contribution in [3.63, 3.8) is 0 Å². The van der Waals surface area contributed by atoms with Crippen LogP contribution in [0, 0.1) is 5.92 Å². The van der Waals surface area contributed by atoms with Crippen LogP contribution in [0.1, 0.15) is 50.2 Å². The molecule has 2 heteroatoms. The van der Waals surface area contributed by atoms with Crippen LogP contribution in [-0.2, 0) is 17.9 Å². The summed E-state index contributed by atoms with van der Waals surface area (Å²) in [4.78, 5) is 0. The third kappa shape index (κ3) is 4.63. The first kappa shape index (κ1) is 14.5. The number of benzene rings is 1. The van der Waals surface area contributed by atoms with Crippen LogP contribution in [0.15, 0.2) is 24.3 Å². The van der Waals surface area contributed by atoms with Crippen LogP contribution in [0.4, 0.5) is 0 Å². The molecular weight excluding hydrogens is 234 g/mol. The van der Waals surface area contributed by atoms with Crippen molar-refractivity contribution in [2.75, 3.05) is 7.11 Å². The van der Waals surface area contributed by atoms with Gasteiger partial charge in [0.25, 0.3) is 0 Å². The maximum atomic E-state index is 5.19. The summed E-state index contributed by atoms with van der Waals surface area (Å²) in [6.45, 7) is 4.07. The van der Waals surface area contributed by atoms with Crippen LogP contribution in [0.2, 0.25) is 0 Å². The lowest BCUT2D eigenvalue weighted by Gasteiger charge is -2.23. The summed E-state index contributed by atoms with van der Waals surface area (Å²) < 4.78 is 5.19. The molecule has 0 aliphatic heterocycles. The fourth-order valence-corrected chi connectivity index (χ4v) is 3.04. The van der Waals surface area contributed by atoms with Gasteiger partial charge < -0.3 is 10.1 Å². The van der Waals surface area contributed by atoms with Crippen molar-refractivity contribution in [2.45, 2.75) is 58.2 Å². The van der Waals surface area contributed by atoms with Crippen molar-refractivity contribution in [2.24, 2.45) is 5.92 Å². The van der Waals surface area contributed by atoms with E-state index < -0.39 is 0 Å². The highest BCUT2D eigenvalue weighted by molar-refractivity contribution is 5.22. The zero-order valence-corrected chi connectivity index (χ0v) is 12.3. The van der Waals surface area contributed by atoms with Gasteiger partial charge in [0.15, 0.2) is 0 Å². The Bertz CT molecular complexity index is 377. The van der Waals surface area contributed by atoms with E-state index in [2.05, 4.69) is 36.5 Å². The fraction of sp³-hybridized carbons (Fsp3) is 0.647. The Morgan fingerprint density at radius 2 is 1.95 bits per heavy atom. The van der Waals surface area contributed by atoms with Gasteiger partial charge in [-0.25, -0.2) is 0 Å². The van der Waals surface area contributed by atoms with Crippen molar-refractivity contribution in [3.8, 4) is 0 Å². The van der Waals surface area contributed by atoms with Gasteiger partial charge in [-0.1, -0.05) is 50.5 Å². The van der Waals surface area contributed by atoms with Crippen molar-refractivity contribution in [3.05, 3.63) is 35.4 Å². The highest BCUT2D eigenvalue weighted by atomic mass is 16.5. The van der Waals surface area contributed by atoms with Gasteiger partial charge in [0.1, 0.15) is 0 Å². The molecule has 1 aromatic rings. The van der Waals surface area contributed by atoms with Crippen molar-refractivity contribution in [1.82, 2.24) is 5.32 Å². The second-order valence-electron chi connectivity index (χ2n) is 5.86. The number of hydrogen-bond donors (Lipinski definition) is 1. The van der Waals surface area contributed by atoms with E-state index in [0.717, 1.165) is 12.5 Å². The summed E-state index contributed by atoms with van der Waals surface area (Å²) in [6.07, 6.45) is 6.90. The summed E-state index contributed by atoms with van der Waals surface area (Å²) in [5.74, 6) is 0.810. The lowest BCUT2D eigenvalue weighted by atomic mass is 9.96. The number of rotatable bonds is 5. The van der Waals surface area contributed by atoms with Crippen molar-refractivity contribution >= 4 is 0 Å². The molecule has 1 aromatic carbocycles. The molecule has 2 rings (SSSR count). The Morgan fingerprint density at radius 3 is 2.79 bits per heavy atom. The van der Waals surface area contributed by atoms with Crippen LogP contribution in [-0.4, -0.2) is 13.2 Å². The molecule has 2 nitrogen and oxygen atoms in total. The Labute approximate surface area is 117 Å². The molecule has 1 saturated carbocycles. The molecule has 0 saturated heterocycles. The van der Waals surface area contributed by atoms with Crippen LogP contribution in [0.3, 0.4) is 0 Å². The van der Waals surface area contributed by atoms with Gasteiger partial charge in [-0.05, 0) is 29.9 Å². The van der Waals surface area contributed by atoms with E-state index in [1.54, 1.807) is 7.11 Å². The summed E-state index contributed by atoms with van der Waals surface area (Å²) in [5.41, 5.74) is 2.63. The zero-order valence-electron chi connectivity index (χ0n) is 12.3. The Hall–Kier alpha value is -0.860. The standard InChI is InChI=1S/C17H27NO/c1-14-7-4-3-5-10-17(14)18-12-15-8-6-9-16(11-15)13-19-2/h6,8-9,11,14,17-18H,3-5,7,10,12-13H2,1-2H3. The molecular formula is C17H27NO. The van der Waals surface area contributed by atoms with E-state index in [9.17, 15) is 0 Å². The van der Waals surface area contributed by atoms with Gasteiger partial charge in [0.2, 0.25) is 0 Å². The van der Waals surface area contributed by atoms with Gasteiger partial charge in [-0.15, -0.1) is 0 Å². The van der Waals surface area contributed by atoms with Crippen molar-refractivity contribution < 1.29 is 4.74 Å². The number of methoxy groups -OCH3 is 1. The molecule has 2 unspecified atom stereocenters. The second kappa shape index (κ2) is 7.66. The van der Waals surface area contributed by atoms with Gasteiger partial charge >= 0.3 is 0 Å². The van der Waals surface area contributed by atoms with E-state index in [1.807, 2.05) is 0 Å². The fourth-order valence-electron chi connectivity index (χ4n) is 3.04. The van der Waals surface area contributed by atoms with Crippen LogP contribution < -0.4 is 5.32 Å². The minimum absolute atomic E-state index is 0.689. The molecule has 19 heavy (non-hydrogen) atoms. The first-order valence-corrected chi connectivity index (χ1v) is 7.59. The molecule has 0 amide bonds. The molecule has 0 spiro atoms. The average molecular weight is 261 g/mol. The van der Waals surface area contributed by atoms with Gasteiger partial charge in [0.05, 0.1) is 6.61 Å². The highest BCUT2D eigenvalue weighted by Gasteiger charge is 2.18. The third-order valence-electron chi connectivity index (χ3n) is 4.23. The van der Waals surface area contributed by atoms with Crippen LogP contribution >= 0.6 is 0 Å². The topological polar surface area (TPSA) is 21.3 Å². The largest absolute Gasteiger partial charge is 0.380 e. The van der Waals surface area contributed by atoms with E-state index in [4.69, 9.17) is 4.74 Å². The molecule has 1 aliphatic rings. The number of nitrogens with one attached hydrogen (secondary N) is 1. The van der Waals surface area contributed by atoms with E-state index in [0.29, 0.717) is 12.6 Å². The summed E-state index contributed by atoms with van der Waals surface area (Å²) >= 11 is 0. The molecule has 0 heterocycles. The Morgan fingerprint density at radius 1 is 1.16 bits per heavy atom. The van der Waals surface area contributed by atoms with E-state index in [1.165, 1.54) is 43.2 Å². The van der Waals surface area contributed by atoms with Crippen LogP contribution in [0.25, 0.3) is 0 Å². The maximum Gasteiger partial charge on any atom is 0.0713 e. The second-order valence-corrected chi connectivity index (χ2v) is 5.86. The Kier molecular flexibility index (Phi) is 5.87. The lowest BCUT2D eigenvalue weighted by molar-refractivity contribution is 0.185. The average Bonchev–Trinajstić information content (AvgIpc) is 2.62. The molecule has 2 atom stereocenters. The molecule has 106 valence electrons. The van der Waals surface area contributed by atoms with Crippen molar-refractivity contribution in [1.29, 1.82) is 0 Å². The number of ether oxygens (including phenoxy) is 1. The summed E-state index contributed by atoms with van der Waals surface area (Å²) in [5, 5.41) is 3.76. The molecule has 0 radical (unpaired) electrons. The minimum Gasteiger partial charge on any atom is -0.380 e. The monoisotopic (exact) mass is 261 g/mol. The zero-order chi connectivity index (χ0) is 13.5. The van der Waals surface area contributed by atoms with Crippen LogP contribution in [0.5, 0.6) is 0 Å². The number of hydrogen-bond acceptors (Lipinski definition) is 2. The minimum atomic E-state index is 0.689. The highest BCUT2D eigenvalue weighted by Crippen LogP contribution is 2.23. The van der Waals surface area contributed by atoms with Gasteiger partial charge in [-0.3, -0.25) is 0 Å². The van der Waals surface area contributed by atoms with E-state index >= 15 is 0 Å². The maximum absolute atomic E-state index is 5.19. The quantitative estimate of drug-likeness (QED) is 0.812. The molecule has 1 aliphatic carbocycles. The SMILES string of the molecule is COCc1cccc(CNC2CCCCCC2C)c1. The predicted molar refractivity (Wildman–Crippen MR) is 80.0 cm³/mol. The van der Waals surface area contributed by atoms with Gasteiger partial charge in [-0.2, -0.15) is 0 Å². The molecule has 0 aromatic heterocycles. The predicted octanol–water partition coefficient (Wildman–Crippen LogP) is 3.89. The van der Waals surface area contributed by atoms with Gasteiger partial charge in [0, 0.05) is 19.7 Å². The summed E-state index contributed by atoms with van der Waals surface area (Å²) in [7, 11) is 1.75. The van der Waals surface area contributed by atoms with E-state index in [-0.39, 0.29) is 0 Å². The first-order chi connectivity index (χ1) is 9.29. The smallest absolute Gasteiger partial charge is 0.0713 e. The molecule has 1 N–H and O–H groups in total. The first-order valence-electron chi connectivity index (χ1n) is 7.59. The lowest BCUT2D eigenvalue weighted by Crippen LogP contribution is -2.33. The normalized spacial score (nSPS) is 24.1. The molecule has 1 fully saturated rings. The Balaban J connectivity index is 1.88. The summed E-state index contributed by atoms with van der Waals surface area (Å²) in [6, 6.07) is 9.39.